The standard InChI is InChI=1S/C16H21N3O2/c1-20-14-7-12-3-5-18-16(13(12)8-15(14)21-2)19-6-4-11(9-17)10-19/h3,5,7-8,11H,4,6,9-10,17H2,1-2H3. The van der Waals surface area contributed by atoms with Crippen molar-refractivity contribution in [3.63, 3.8) is 0 Å². The van der Waals surface area contributed by atoms with Gasteiger partial charge in [-0.2, -0.15) is 0 Å². The third-order valence-corrected chi connectivity index (χ3v) is 4.17. The molecule has 1 aliphatic heterocycles. The van der Waals surface area contributed by atoms with Gasteiger partial charge < -0.3 is 20.1 Å². The molecular formula is C16H21N3O2. The van der Waals surface area contributed by atoms with E-state index < -0.39 is 0 Å². The van der Waals surface area contributed by atoms with Crippen LogP contribution in [0.15, 0.2) is 24.4 Å². The molecule has 0 aliphatic carbocycles. The molecule has 2 aromatic rings. The first-order chi connectivity index (χ1) is 10.3. The Balaban J connectivity index is 2.07. The molecule has 0 saturated carbocycles. The van der Waals surface area contributed by atoms with Gasteiger partial charge in [0.15, 0.2) is 11.5 Å². The second-order valence-electron chi connectivity index (χ2n) is 5.40. The van der Waals surface area contributed by atoms with E-state index in [1.807, 2.05) is 24.4 Å². The molecule has 112 valence electrons. The molecule has 1 atom stereocenters. The summed E-state index contributed by atoms with van der Waals surface area (Å²) < 4.78 is 10.8. The van der Waals surface area contributed by atoms with Crippen LogP contribution in [0.4, 0.5) is 5.82 Å². The minimum absolute atomic E-state index is 0.558. The molecule has 5 nitrogen and oxygen atoms in total. The summed E-state index contributed by atoms with van der Waals surface area (Å²) in [4.78, 5) is 6.89. The highest BCUT2D eigenvalue weighted by Gasteiger charge is 2.24. The highest BCUT2D eigenvalue weighted by molar-refractivity contribution is 5.94. The minimum Gasteiger partial charge on any atom is -0.493 e. The van der Waals surface area contributed by atoms with Crippen molar-refractivity contribution < 1.29 is 9.47 Å². The summed E-state index contributed by atoms with van der Waals surface area (Å²) in [5.74, 6) is 3.03. The Morgan fingerprint density at radius 1 is 1.29 bits per heavy atom. The molecule has 3 rings (SSSR count). The van der Waals surface area contributed by atoms with E-state index in [4.69, 9.17) is 15.2 Å². The molecule has 1 fully saturated rings. The number of hydrogen-bond acceptors (Lipinski definition) is 5. The van der Waals surface area contributed by atoms with Crippen molar-refractivity contribution in [2.24, 2.45) is 11.7 Å². The summed E-state index contributed by atoms with van der Waals surface area (Å²) in [5, 5.41) is 2.20. The largest absolute Gasteiger partial charge is 0.493 e. The van der Waals surface area contributed by atoms with Gasteiger partial charge in [-0.05, 0) is 42.5 Å². The number of methoxy groups -OCH3 is 2. The fraction of sp³-hybridized carbons (Fsp3) is 0.438. The van der Waals surface area contributed by atoms with Gasteiger partial charge in [0.1, 0.15) is 5.82 Å². The lowest BCUT2D eigenvalue weighted by atomic mass is 10.1. The number of anilines is 1. The molecule has 1 unspecified atom stereocenters. The number of aromatic nitrogens is 1. The SMILES string of the molecule is COc1cc2ccnc(N3CCC(CN)C3)c2cc1OC. The highest BCUT2D eigenvalue weighted by Crippen LogP contribution is 2.36. The van der Waals surface area contributed by atoms with E-state index in [1.54, 1.807) is 14.2 Å². The summed E-state index contributed by atoms with van der Waals surface area (Å²) in [7, 11) is 3.30. The van der Waals surface area contributed by atoms with Crippen LogP contribution in [0.25, 0.3) is 10.8 Å². The monoisotopic (exact) mass is 287 g/mol. The average Bonchev–Trinajstić information content (AvgIpc) is 3.01. The first kappa shape index (κ1) is 13.9. The van der Waals surface area contributed by atoms with E-state index in [9.17, 15) is 0 Å². The Morgan fingerprint density at radius 3 is 2.71 bits per heavy atom. The van der Waals surface area contributed by atoms with Crippen LogP contribution in [-0.2, 0) is 0 Å². The molecule has 0 bridgehead atoms. The number of nitrogens with zero attached hydrogens (tertiary/aromatic N) is 2. The minimum atomic E-state index is 0.558. The van der Waals surface area contributed by atoms with Gasteiger partial charge >= 0.3 is 0 Å². The van der Waals surface area contributed by atoms with E-state index in [2.05, 4.69) is 9.88 Å². The maximum atomic E-state index is 5.79. The zero-order valence-corrected chi connectivity index (χ0v) is 12.5. The Morgan fingerprint density at radius 2 is 2.05 bits per heavy atom. The van der Waals surface area contributed by atoms with E-state index in [0.29, 0.717) is 5.92 Å². The molecular weight excluding hydrogens is 266 g/mol. The van der Waals surface area contributed by atoms with Crippen LogP contribution in [0.2, 0.25) is 0 Å². The average molecular weight is 287 g/mol. The molecule has 1 aromatic carbocycles. The van der Waals surface area contributed by atoms with E-state index in [0.717, 1.165) is 54.1 Å². The second kappa shape index (κ2) is 5.77. The van der Waals surface area contributed by atoms with Crippen molar-refractivity contribution in [3.8, 4) is 11.5 Å². The van der Waals surface area contributed by atoms with Gasteiger partial charge in [0.25, 0.3) is 0 Å². The second-order valence-corrected chi connectivity index (χ2v) is 5.40. The third-order valence-electron chi connectivity index (χ3n) is 4.17. The van der Waals surface area contributed by atoms with Crippen LogP contribution in [0.3, 0.4) is 0 Å². The summed E-state index contributed by atoms with van der Waals surface area (Å²) in [6.07, 6.45) is 2.97. The summed E-state index contributed by atoms with van der Waals surface area (Å²) in [5.41, 5.74) is 5.79. The molecule has 0 spiro atoms. The number of hydrogen-bond donors (Lipinski definition) is 1. The number of ether oxygens (including phenoxy) is 2. The van der Waals surface area contributed by atoms with Gasteiger partial charge in [-0.15, -0.1) is 0 Å². The zero-order chi connectivity index (χ0) is 14.8. The van der Waals surface area contributed by atoms with Gasteiger partial charge in [0.2, 0.25) is 0 Å². The predicted molar refractivity (Wildman–Crippen MR) is 84.2 cm³/mol. The predicted octanol–water partition coefficient (Wildman–Crippen LogP) is 2.04. The fourth-order valence-electron chi connectivity index (χ4n) is 2.95. The molecule has 1 aliphatic rings. The van der Waals surface area contributed by atoms with Crippen molar-refractivity contribution >= 4 is 16.6 Å². The summed E-state index contributed by atoms with van der Waals surface area (Å²) in [6, 6.07) is 6.00. The Hall–Kier alpha value is -2.01. The van der Waals surface area contributed by atoms with E-state index in [1.165, 1.54) is 0 Å². The van der Waals surface area contributed by atoms with Crippen LogP contribution in [-0.4, -0.2) is 38.8 Å². The topological polar surface area (TPSA) is 60.6 Å². The number of benzene rings is 1. The summed E-state index contributed by atoms with van der Waals surface area (Å²) >= 11 is 0. The van der Waals surface area contributed by atoms with Gasteiger partial charge in [0, 0.05) is 24.7 Å². The highest BCUT2D eigenvalue weighted by atomic mass is 16.5. The number of nitrogens with two attached hydrogens (primary N) is 1. The van der Waals surface area contributed by atoms with Crippen molar-refractivity contribution in [1.82, 2.24) is 4.98 Å². The fourth-order valence-corrected chi connectivity index (χ4v) is 2.95. The maximum Gasteiger partial charge on any atom is 0.161 e. The molecule has 0 radical (unpaired) electrons. The lowest BCUT2D eigenvalue weighted by Crippen LogP contribution is -2.23. The van der Waals surface area contributed by atoms with E-state index in [-0.39, 0.29) is 0 Å². The molecule has 5 heteroatoms. The van der Waals surface area contributed by atoms with Crippen LogP contribution in [0, 0.1) is 5.92 Å². The lowest BCUT2D eigenvalue weighted by Gasteiger charge is -2.20. The van der Waals surface area contributed by atoms with Gasteiger partial charge in [0.05, 0.1) is 14.2 Å². The lowest BCUT2D eigenvalue weighted by molar-refractivity contribution is 0.356. The molecule has 1 aromatic heterocycles. The van der Waals surface area contributed by atoms with Crippen LogP contribution in [0.5, 0.6) is 11.5 Å². The molecule has 0 amide bonds. The Bertz CT molecular complexity index is 645. The normalized spacial score (nSPS) is 18.2. The summed E-state index contributed by atoms with van der Waals surface area (Å²) in [6.45, 7) is 2.71. The number of fused-ring (bicyclic) bond motifs is 1. The third kappa shape index (κ3) is 2.49. The van der Waals surface area contributed by atoms with Crippen LogP contribution >= 0.6 is 0 Å². The van der Waals surface area contributed by atoms with E-state index >= 15 is 0 Å². The Labute approximate surface area is 124 Å². The number of pyridine rings is 1. The van der Waals surface area contributed by atoms with Crippen LogP contribution < -0.4 is 20.1 Å². The molecule has 1 saturated heterocycles. The smallest absolute Gasteiger partial charge is 0.161 e. The first-order valence-corrected chi connectivity index (χ1v) is 7.22. The van der Waals surface area contributed by atoms with Crippen molar-refractivity contribution in [3.05, 3.63) is 24.4 Å². The maximum absolute atomic E-state index is 5.79. The Kier molecular flexibility index (Phi) is 3.84. The number of rotatable bonds is 4. The van der Waals surface area contributed by atoms with Gasteiger partial charge in [-0.25, -0.2) is 4.98 Å². The quantitative estimate of drug-likeness (QED) is 0.932. The van der Waals surface area contributed by atoms with Crippen molar-refractivity contribution in [2.45, 2.75) is 6.42 Å². The first-order valence-electron chi connectivity index (χ1n) is 7.22. The molecule has 2 N–H and O–H groups in total. The zero-order valence-electron chi connectivity index (χ0n) is 12.5. The van der Waals surface area contributed by atoms with Crippen molar-refractivity contribution in [2.75, 3.05) is 38.8 Å². The van der Waals surface area contributed by atoms with Crippen LogP contribution in [0.1, 0.15) is 6.42 Å². The molecule has 2 heterocycles. The van der Waals surface area contributed by atoms with Gasteiger partial charge in [-0.1, -0.05) is 0 Å². The van der Waals surface area contributed by atoms with Crippen molar-refractivity contribution in [1.29, 1.82) is 0 Å². The van der Waals surface area contributed by atoms with Gasteiger partial charge in [-0.3, -0.25) is 0 Å². The molecule has 21 heavy (non-hydrogen) atoms.